The summed E-state index contributed by atoms with van der Waals surface area (Å²) < 4.78 is 10.7. The molecule has 0 spiro atoms. The molecule has 0 aliphatic carbocycles. The number of hydroxylamine groups is 1. The summed E-state index contributed by atoms with van der Waals surface area (Å²) in [4.78, 5) is 4.85. The van der Waals surface area contributed by atoms with E-state index >= 15 is 0 Å². The van der Waals surface area contributed by atoms with Gasteiger partial charge in [-0.1, -0.05) is 6.07 Å². The van der Waals surface area contributed by atoms with Crippen LogP contribution in [0.3, 0.4) is 0 Å². The van der Waals surface area contributed by atoms with Gasteiger partial charge in [0.25, 0.3) is 0 Å². The van der Waals surface area contributed by atoms with E-state index in [1.54, 1.807) is 21.3 Å². The fourth-order valence-corrected chi connectivity index (χ4v) is 1.76. The number of benzene rings is 1. The maximum atomic E-state index is 5.37. The molecule has 1 rings (SSSR count). The highest BCUT2D eigenvalue weighted by Crippen LogP contribution is 2.36. The number of hydrogen-bond acceptors (Lipinski definition) is 4. The molecule has 4 heteroatoms. The minimum atomic E-state index is 0.642. The van der Waals surface area contributed by atoms with E-state index in [4.69, 9.17) is 14.3 Å². The lowest BCUT2D eigenvalue weighted by Crippen LogP contribution is -2.12. The summed E-state index contributed by atoms with van der Waals surface area (Å²) >= 11 is 0. The molecule has 0 heterocycles. The van der Waals surface area contributed by atoms with Gasteiger partial charge in [-0.3, -0.25) is 0 Å². The molecule has 0 aromatic heterocycles. The maximum Gasteiger partial charge on any atom is 0.164 e. The van der Waals surface area contributed by atoms with Crippen LogP contribution in [0.1, 0.15) is 16.7 Å². The summed E-state index contributed by atoms with van der Waals surface area (Å²) in [5.41, 5.74) is 6.08. The fraction of sp³-hybridized carbons (Fsp3) is 0.500. The fourth-order valence-electron chi connectivity index (χ4n) is 1.76. The van der Waals surface area contributed by atoms with E-state index in [-0.39, 0.29) is 0 Å². The summed E-state index contributed by atoms with van der Waals surface area (Å²) in [6, 6.07) is 2.07. The van der Waals surface area contributed by atoms with Gasteiger partial charge < -0.3 is 14.3 Å². The molecule has 0 amide bonds. The van der Waals surface area contributed by atoms with Crippen molar-refractivity contribution in [3.05, 3.63) is 22.8 Å². The number of ether oxygens (including phenoxy) is 2. The number of methoxy groups -OCH3 is 2. The van der Waals surface area contributed by atoms with E-state index in [0.29, 0.717) is 6.54 Å². The SMILES string of the molecule is CONCc1cc(C)c(OC)c(OC)c1C. The Bertz CT molecular complexity index is 364. The second-order valence-electron chi connectivity index (χ2n) is 3.57. The topological polar surface area (TPSA) is 39.7 Å². The van der Waals surface area contributed by atoms with E-state index < -0.39 is 0 Å². The summed E-state index contributed by atoms with van der Waals surface area (Å²) in [5.74, 6) is 1.58. The molecular weight excluding hydrogens is 206 g/mol. The molecule has 4 nitrogen and oxygen atoms in total. The van der Waals surface area contributed by atoms with Crippen LogP contribution in [0.2, 0.25) is 0 Å². The van der Waals surface area contributed by atoms with Crippen molar-refractivity contribution in [3.63, 3.8) is 0 Å². The molecule has 90 valence electrons. The van der Waals surface area contributed by atoms with Crippen molar-refractivity contribution in [3.8, 4) is 11.5 Å². The van der Waals surface area contributed by atoms with Crippen molar-refractivity contribution in [1.29, 1.82) is 0 Å². The van der Waals surface area contributed by atoms with Crippen LogP contribution < -0.4 is 15.0 Å². The van der Waals surface area contributed by atoms with Gasteiger partial charge in [0.2, 0.25) is 0 Å². The average Bonchev–Trinajstić information content (AvgIpc) is 2.29. The summed E-state index contributed by atoms with van der Waals surface area (Å²) in [6.07, 6.45) is 0. The van der Waals surface area contributed by atoms with Crippen LogP contribution in [0.15, 0.2) is 6.07 Å². The van der Waals surface area contributed by atoms with Crippen LogP contribution >= 0.6 is 0 Å². The minimum Gasteiger partial charge on any atom is -0.493 e. The average molecular weight is 225 g/mol. The van der Waals surface area contributed by atoms with Crippen LogP contribution in [0.4, 0.5) is 0 Å². The van der Waals surface area contributed by atoms with Gasteiger partial charge in [-0.15, -0.1) is 0 Å². The maximum absolute atomic E-state index is 5.37. The molecule has 1 N–H and O–H groups in total. The number of hydrogen-bond donors (Lipinski definition) is 1. The standard InChI is InChI=1S/C12H19NO3/c1-8-6-10(7-13-16-5)9(2)12(15-4)11(8)14-3/h6,13H,7H2,1-5H3. The molecule has 1 aromatic rings. The Morgan fingerprint density at radius 3 is 2.19 bits per heavy atom. The Morgan fingerprint density at radius 2 is 1.69 bits per heavy atom. The Morgan fingerprint density at radius 1 is 1.06 bits per heavy atom. The first-order valence-electron chi connectivity index (χ1n) is 5.12. The van der Waals surface area contributed by atoms with Crippen molar-refractivity contribution >= 4 is 0 Å². The van der Waals surface area contributed by atoms with E-state index in [2.05, 4.69) is 11.5 Å². The normalized spacial score (nSPS) is 10.3. The smallest absolute Gasteiger partial charge is 0.164 e. The van der Waals surface area contributed by atoms with Crippen LogP contribution in [0.25, 0.3) is 0 Å². The zero-order chi connectivity index (χ0) is 12.1. The van der Waals surface area contributed by atoms with Gasteiger partial charge in [0.1, 0.15) is 0 Å². The molecule has 0 atom stereocenters. The van der Waals surface area contributed by atoms with Gasteiger partial charge in [-0.25, -0.2) is 0 Å². The first kappa shape index (κ1) is 12.8. The molecule has 0 unspecified atom stereocenters. The van der Waals surface area contributed by atoms with Crippen LogP contribution in [-0.4, -0.2) is 21.3 Å². The predicted octanol–water partition coefficient (Wildman–Crippen LogP) is 1.97. The lowest BCUT2D eigenvalue weighted by Gasteiger charge is -2.16. The van der Waals surface area contributed by atoms with Crippen molar-refractivity contribution in [1.82, 2.24) is 5.48 Å². The van der Waals surface area contributed by atoms with Crippen LogP contribution in [0.5, 0.6) is 11.5 Å². The zero-order valence-corrected chi connectivity index (χ0v) is 10.5. The van der Waals surface area contributed by atoms with E-state index in [1.807, 2.05) is 13.8 Å². The van der Waals surface area contributed by atoms with Gasteiger partial charge in [-0.2, -0.15) is 5.48 Å². The van der Waals surface area contributed by atoms with Gasteiger partial charge >= 0.3 is 0 Å². The Kier molecular flexibility index (Phi) is 4.58. The number of aryl methyl sites for hydroxylation is 1. The highest BCUT2D eigenvalue weighted by molar-refractivity contribution is 5.54. The highest BCUT2D eigenvalue weighted by atomic mass is 16.6. The summed E-state index contributed by atoms with van der Waals surface area (Å²) in [6.45, 7) is 4.65. The molecule has 0 saturated carbocycles. The largest absolute Gasteiger partial charge is 0.493 e. The Hall–Kier alpha value is -1.26. The highest BCUT2D eigenvalue weighted by Gasteiger charge is 2.14. The van der Waals surface area contributed by atoms with E-state index in [1.165, 1.54) is 0 Å². The van der Waals surface area contributed by atoms with Crippen LogP contribution in [-0.2, 0) is 11.4 Å². The monoisotopic (exact) mass is 225 g/mol. The lowest BCUT2D eigenvalue weighted by molar-refractivity contribution is 0.0865. The van der Waals surface area contributed by atoms with Crippen molar-refractivity contribution in [2.75, 3.05) is 21.3 Å². The van der Waals surface area contributed by atoms with Gasteiger partial charge in [0.05, 0.1) is 21.3 Å². The molecular formula is C12H19NO3. The zero-order valence-electron chi connectivity index (χ0n) is 10.5. The second kappa shape index (κ2) is 5.72. The number of rotatable bonds is 5. The lowest BCUT2D eigenvalue weighted by atomic mass is 10.0. The summed E-state index contributed by atoms with van der Waals surface area (Å²) in [5, 5.41) is 0. The quantitative estimate of drug-likeness (QED) is 0.778. The number of nitrogens with one attached hydrogen (secondary N) is 1. The Balaban J connectivity index is 3.17. The van der Waals surface area contributed by atoms with Crippen molar-refractivity contribution < 1.29 is 14.3 Å². The molecule has 0 fully saturated rings. The second-order valence-corrected chi connectivity index (χ2v) is 3.57. The molecule has 0 aliphatic heterocycles. The summed E-state index contributed by atoms with van der Waals surface area (Å²) in [7, 11) is 4.90. The van der Waals surface area contributed by atoms with Gasteiger partial charge in [0, 0.05) is 6.54 Å². The van der Waals surface area contributed by atoms with Crippen molar-refractivity contribution in [2.24, 2.45) is 0 Å². The predicted molar refractivity (Wildman–Crippen MR) is 62.9 cm³/mol. The minimum absolute atomic E-state index is 0.642. The third-order valence-electron chi connectivity index (χ3n) is 2.59. The molecule has 0 radical (unpaired) electrons. The van der Waals surface area contributed by atoms with Crippen molar-refractivity contribution in [2.45, 2.75) is 20.4 Å². The molecule has 1 aromatic carbocycles. The molecule has 16 heavy (non-hydrogen) atoms. The molecule has 0 aliphatic rings. The van der Waals surface area contributed by atoms with Gasteiger partial charge in [-0.05, 0) is 30.5 Å². The van der Waals surface area contributed by atoms with E-state index in [0.717, 1.165) is 28.2 Å². The first-order valence-corrected chi connectivity index (χ1v) is 5.12. The van der Waals surface area contributed by atoms with Gasteiger partial charge in [0.15, 0.2) is 11.5 Å². The third-order valence-corrected chi connectivity index (χ3v) is 2.59. The first-order chi connectivity index (χ1) is 7.65. The van der Waals surface area contributed by atoms with E-state index in [9.17, 15) is 0 Å². The molecule has 0 bridgehead atoms. The third kappa shape index (κ3) is 2.46. The Labute approximate surface area is 96.5 Å². The molecule has 0 saturated heterocycles. The van der Waals surface area contributed by atoms with Crippen LogP contribution in [0, 0.1) is 13.8 Å².